The van der Waals surface area contributed by atoms with Gasteiger partial charge in [-0.3, -0.25) is 4.79 Å². The zero-order chi connectivity index (χ0) is 19.4. The van der Waals surface area contributed by atoms with Crippen LogP contribution in [0.25, 0.3) is 5.69 Å². The minimum Gasteiger partial charge on any atom is -0.452 e. The van der Waals surface area contributed by atoms with Crippen molar-refractivity contribution in [2.45, 2.75) is 40.0 Å². The maximum atomic E-state index is 12.6. The van der Waals surface area contributed by atoms with Gasteiger partial charge in [0.25, 0.3) is 5.91 Å². The van der Waals surface area contributed by atoms with Gasteiger partial charge in [0.1, 0.15) is 0 Å². The van der Waals surface area contributed by atoms with E-state index in [2.05, 4.69) is 6.08 Å². The topological polar surface area (TPSA) is 51.5 Å². The van der Waals surface area contributed by atoms with Crippen LogP contribution in [0.3, 0.4) is 0 Å². The molecule has 0 radical (unpaired) electrons. The molecule has 142 valence electrons. The molecule has 5 heteroatoms. The zero-order valence-electron chi connectivity index (χ0n) is 16.2. The molecule has 0 saturated carbocycles. The summed E-state index contributed by atoms with van der Waals surface area (Å²) in [6, 6.07) is 11.7. The van der Waals surface area contributed by atoms with Crippen LogP contribution in [0, 0.1) is 13.8 Å². The molecule has 2 aromatic rings. The number of nitrogens with zero attached hydrogens (tertiary/aromatic N) is 2. The second-order valence-electron chi connectivity index (χ2n) is 6.76. The van der Waals surface area contributed by atoms with Gasteiger partial charge in [0, 0.05) is 29.3 Å². The molecule has 0 saturated heterocycles. The van der Waals surface area contributed by atoms with E-state index in [1.54, 1.807) is 4.90 Å². The van der Waals surface area contributed by atoms with E-state index in [4.69, 9.17) is 4.74 Å². The molecular weight excluding hydrogens is 340 g/mol. The van der Waals surface area contributed by atoms with Gasteiger partial charge in [-0.15, -0.1) is 0 Å². The molecule has 1 aromatic carbocycles. The number of aromatic nitrogens is 1. The first-order chi connectivity index (χ1) is 13.0. The number of ether oxygens (including phenoxy) is 1. The third-order valence-electron chi connectivity index (χ3n) is 4.97. The number of carbonyl (C=O) groups is 2. The normalized spacial score (nSPS) is 13.4. The van der Waals surface area contributed by atoms with E-state index >= 15 is 0 Å². The van der Waals surface area contributed by atoms with Crippen LogP contribution >= 0.6 is 0 Å². The van der Waals surface area contributed by atoms with Gasteiger partial charge >= 0.3 is 5.97 Å². The second kappa shape index (κ2) is 8.25. The number of carbonyl (C=O) groups excluding carboxylic acids is 2. The molecule has 0 atom stereocenters. The van der Waals surface area contributed by atoms with Crippen molar-refractivity contribution in [3.63, 3.8) is 0 Å². The standard InChI is InChI=1S/C22H26N2O3/c1-4-23(18-10-8-9-11-18)21(25)15-27-22(26)20-14-16(2)24(17(20)3)19-12-6-5-7-13-19/h5-7,10,12-14H,4,8-9,11,15H2,1-3H3. The van der Waals surface area contributed by atoms with Gasteiger partial charge in [-0.2, -0.15) is 0 Å². The first kappa shape index (κ1) is 19.0. The van der Waals surface area contributed by atoms with Crippen LogP contribution in [0.15, 0.2) is 48.2 Å². The van der Waals surface area contributed by atoms with E-state index in [1.165, 1.54) is 0 Å². The summed E-state index contributed by atoms with van der Waals surface area (Å²) in [4.78, 5) is 26.8. The Bertz CT molecular complexity index is 865. The van der Waals surface area contributed by atoms with Crippen LogP contribution in [-0.2, 0) is 9.53 Å². The molecule has 0 unspecified atom stereocenters. The SMILES string of the molecule is CCN(C(=O)COC(=O)c1cc(C)n(-c2ccccc2)c1C)C1=CCCC1. The molecule has 0 spiro atoms. The van der Waals surface area contributed by atoms with E-state index in [9.17, 15) is 9.59 Å². The number of benzene rings is 1. The minimum atomic E-state index is -0.463. The average Bonchev–Trinajstić information content (AvgIpc) is 3.29. The summed E-state index contributed by atoms with van der Waals surface area (Å²) >= 11 is 0. The molecule has 1 aliphatic carbocycles. The van der Waals surface area contributed by atoms with E-state index < -0.39 is 5.97 Å². The van der Waals surface area contributed by atoms with Crippen molar-refractivity contribution in [2.24, 2.45) is 0 Å². The lowest BCUT2D eigenvalue weighted by molar-refractivity contribution is -0.132. The highest BCUT2D eigenvalue weighted by Gasteiger charge is 2.22. The summed E-state index contributed by atoms with van der Waals surface area (Å²) < 4.78 is 7.36. The lowest BCUT2D eigenvalue weighted by Gasteiger charge is -2.22. The highest BCUT2D eigenvalue weighted by atomic mass is 16.5. The number of amides is 1. The van der Waals surface area contributed by atoms with Gasteiger partial charge in [-0.1, -0.05) is 24.3 Å². The quantitative estimate of drug-likeness (QED) is 0.721. The Hall–Kier alpha value is -2.82. The zero-order valence-corrected chi connectivity index (χ0v) is 16.2. The average molecular weight is 366 g/mol. The number of aryl methyl sites for hydroxylation is 1. The maximum Gasteiger partial charge on any atom is 0.340 e. The molecule has 0 fully saturated rings. The Labute approximate surface area is 160 Å². The number of esters is 1. The number of likely N-dealkylation sites (N-methyl/N-ethyl adjacent to an activating group) is 1. The van der Waals surface area contributed by atoms with E-state index in [0.717, 1.165) is 42.0 Å². The lowest BCUT2D eigenvalue weighted by Crippen LogP contribution is -2.33. The summed E-state index contributed by atoms with van der Waals surface area (Å²) in [6.07, 6.45) is 5.08. The van der Waals surface area contributed by atoms with Crippen molar-refractivity contribution >= 4 is 11.9 Å². The van der Waals surface area contributed by atoms with E-state index in [1.807, 2.05) is 61.7 Å². The smallest absolute Gasteiger partial charge is 0.340 e. The predicted octanol–water partition coefficient (Wildman–Crippen LogP) is 4.17. The largest absolute Gasteiger partial charge is 0.452 e. The summed E-state index contributed by atoms with van der Waals surface area (Å²) in [7, 11) is 0. The molecule has 0 aliphatic heterocycles. The Balaban J connectivity index is 1.71. The summed E-state index contributed by atoms with van der Waals surface area (Å²) in [5.74, 6) is -0.633. The fourth-order valence-electron chi connectivity index (χ4n) is 3.67. The monoisotopic (exact) mass is 366 g/mol. The van der Waals surface area contributed by atoms with E-state index in [0.29, 0.717) is 12.1 Å². The fourth-order valence-corrected chi connectivity index (χ4v) is 3.67. The molecule has 0 bridgehead atoms. The molecule has 5 nitrogen and oxygen atoms in total. The van der Waals surface area contributed by atoms with Gasteiger partial charge in [-0.05, 0) is 58.2 Å². The van der Waals surface area contributed by atoms with Gasteiger partial charge in [0.2, 0.25) is 0 Å². The second-order valence-corrected chi connectivity index (χ2v) is 6.76. The van der Waals surface area contributed by atoms with Crippen molar-refractivity contribution in [1.29, 1.82) is 0 Å². The van der Waals surface area contributed by atoms with Gasteiger partial charge in [0.15, 0.2) is 6.61 Å². The molecular formula is C22H26N2O3. The van der Waals surface area contributed by atoms with Crippen molar-refractivity contribution in [1.82, 2.24) is 9.47 Å². The molecule has 1 amide bonds. The van der Waals surface area contributed by atoms with Crippen LogP contribution in [0.5, 0.6) is 0 Å². The number of hydrogen-bond donors (Lipinski definition) is 0. The molecule has 1 aromatic heterocycles. The number of hydrogen-bond acceptors (Lipinski definition) is 3. The number of para-hydroxylation sites is 1. The van der Waals surface area contributed by atoms with Crippen LogP contribution in [0.2, 0.25) is 0 Å². The van der Waals surface area contributed by atoms with Crippen molar-refractivity contribution in [2.75, 3.05) is 13.2 Å². The summed E-state index contributed by atoms with van der Waals surface area (Å²) in [5.41, 5.74) is 4.28. The number of allylic oxidation sites excluding steroid dienone is 2. The lowest BCUT2D eigenvalue weighted by atomic mass is 10.2. The number of rotatable bonds is 6. The fraction of sp³-hybridized carbons (Fsp3) is 0.364. The highest BCUT2D eigenvalue weighted by molar-refractivity contribution is 5.93. The molecule has 27 heavy (non-hydrogen) atoms. The van der Waals surface area contributed by atoms with E-state index in [-0.39, 0.29) is 12.5 Å². The van der Waals surface area contributed by atoms with Crippen molar-refractivity contribution < 1.29 is 14.3 Å². The molecule has 3 rings (SSSR count). The van der Waals surface area contributed by atoms with Crippen LogP contribution in [-0.4, -0.2) is 34.5 Å². The Morgan fingerprint density at radius 1 is 1.19 bits per heavy atom. The Morgan fingerprint density at radius 3 is 2.56 bits per heavy atom. The first-order valence-corrected chi connectivity index (χ1v) is 9.43. The van der Waals surface area contributed by atoms with Crippen LogP contribution < -0.4 is 0 Å². The van der Waals surface area contributed by atoms with Crippen LogP contribution in [0.1, 0.15) is 47.9 Å². The first-order valence-electron chi connectivity index (χ1n) is 9.43. The van der Waals surface area contributed by atoms with Gasteiger partial charge in [0.05, 0.1) is 5.56 Å². The maximum absolute atomic E-state index is 12.6. The molecule has 1 heterocycles. The predicted molar refractivity (Wildman–Crippen MR) is 105 cm³/mol. The Kier molecular flexibility index (Phi) is 5.79. The summed E-state index contributed by atoms with van der Waals surface area (Å²) in [5, 5.41) is 0. The third kappa shape index (κ3) is 3.97. The summed E-state index contributed by atoms with van der Waals surface area (Å²) in [6.45, 7) is 6.13. The minimum absolute atomic E-state index is 0.170. The van der Waals surface area contributed by atoms with Gasteiger partial charge < -0.3 is 14.2 Å². The molecule has 1 aliphatic rings. The van der Waals surface area contributed by atoms with Crippen molar-refractivity contribution in [3.8, 4) is 5.69 Å². The van der Waals surface area contributed by atoms with Gasteiger partial charge in [-0.25, -0.2) is 4.79 Å². The highest BCUT2D eigenvalue weighted by Crippen LogP contribution is 2.23. The van der Waals surface area contributed by atoms with Crippen molar-refractivity contribution in [3.05, 3.63) is 65.1 Å². The third-order valence-corrected chi connectivity index (χ3v) is 4.97. The molecule has 0 N–H and O–H groups in total. The van der Waals surface area contributed by atoms with Crippen LogP contribution in [0.4, 0.5) is 0 Å². The Morgan fingerprint density at radius 2 is 1.93 bits per heavy atom.